The van der Waals surface area contributed by atoms with Gasteiger partial charge in [0.15, 0.2) is 5.11 Å². The Hall–Kier alpha value is -2.15. The van der Waals surface area contributed by atoms with E-state index < -0.39 is 11.8 Å². The van der Waals surface area contributed by atoms with Gasteiger partial charge in [-0.1, -0.05) is 47.5 Å². The second-order valence-electron chi connectivity index (χ2n) is 4.32. The molecule has 8 heteroatoms. The first kappa shape index (κ1) is 17.2. The zero-order valence-corrected chi connectivity index (χ0v) is 13.9. The minimum Gasteiger partial charge on any atom is -0.298 e. The van der Waals surface area contributed by atoms with E-state index in [0.29, 0.717) is 10.0 Å². The van der Waals surface area contributed by atoms with E-state index in [4.69, 9.17) is 35.4 Å². The van der Waals surface area contributed by atoms with Crippen molar-refractivity contribution < 1.29 is 9.59 Å². The highest BCUT2D eigenvalue weighted by Gasteiger charge is 2.13. The fourth-order valence-corrected chi connectivity index (χ4v) is 2.26. The van der Waals surface area contributed by atoms with E-state index >= 15 is 0 Å². The number of carbonyl (C=O) groups excluding carboxylic acids is 2. The summed E-state index contributed by atoms with van der Waals surface area (Å²) in [6.45, 7) is 0. The van der Waals surface area contributed by atoms with Gasteiger partial charge in [0.1, 0.15) is 0 Å². The van der Waals surface area contributed by atoms with E-state index in [2.05, 4.69) is 16.2 Å². The molecule has 0 saturated carbocycles. The zero-order chi connectivity index (χ0) is 16.8. The van der Waals surface area contributed by atoms with E-state index in [9.17, 15) is 9.59 Å². The Kier molecular flexibility index (Phi) is 5.92. The van der Waals surface area contributed by atoms with Crippen LogP contribution in [0.2, 0.25) is 10.0 Å². The van der Waals surface area contributed by atoms with Crippen molar-refractivity contribution in [2.24, 2.45) is 0 Å². The molecule has 0 radical (unpaired) electrons. The predicted octanol–water partition coefficient (Wildman–Crippen LogP) is 2.94. The Morgan fingerprint density at radius 1 is 0.783 bits per heavy atom. The highest BCUT2D eigenvalue weighted by molar-refractivity contribution is 7.80. The fraction of sp³-hybridized carbons (Fsp3) is 0. The Morgan fingerprint density at radius 2 is 1.26 bits per heavy atom. The van der Waals surface area contributed by atoms with Gasteiger partial charge < -0.3 is 0 Å². The molecule has 0 heterocycles. The molecule has 0 unspecified atom stereocenters. The standard InChI is InChI=1S/C15H11Cl2N3O2S/c16-11-7-3-1-5-9(11)13(21)18-15(23)20-19-14(22)10-6-2-4-8-12(10)17/h1-8H,(H,19,22)(H2,18,20,21,23). The molecule has 0 aliphatic rings. The summed E-state index contributed by atoms with van der Waals surface area (Å²) in [6.07, 6.45) is 0. The van der Waals surface area contributed by atoms with Crippen LogP contribution < -0.4 is 16.2 Å². The van der Waals surface area contributed by atoms with Crippen LogP contribution in [0.3, 0.4) is 0 Å². The number of hydrazine groups is 1. The third-order valence-corrected chi connectivity index (χ3v) is 3.62. The molecule has 0 atom stereocenters. The molecule has 2 rings (SSSR count). The van der Waals surface area contributed by atoms with Crippen LogP contribution in [0.15, 0.2) is 48.5 Å². The number of benzene rings is 2. The number of nitrogens with one attached hydrogen (secondary N) is 3. The molecule has 2 aromatic carbocycles. The van der Waals surface area contributed by atoms with Crippen molar-refractivity contribution in [3.8, 4) is 0 Å². The summed E-state index contributed by atoms with van der Waals surface area (Å²) in [5, 5.41) is 2.94. The van der Waals surface area contributed by atoms with Crippen LogP contribution in [0, 0.1) is 0 Å². The summed E-state index contributed by atoms with van der Waals surface area (Å²) in [4.78, 5) is 23.9. The van der Waals surface area contributed by atoms with Crippen LogP contribution in [0.4, 0.5) is 0 Å². The van der Waals surface area contributed by atoms with Gasteiger partial charge in [-0.25, -0.2) is 0 Å². The Labute approximate surface area is 147 Å². The molecule has 5 nitrogen and oxygen atoms in total. The van der Waals surface area contributed by atoms with Crippen LogP contribution in [0.5, 0.6) is 0 Å². The highest BCUT2D eigenvalue weighted by Crippen LogP contribution is 2.15. The van der Waals surface area contributed by atoms with Crippen LogP contribution in [-0.4, -0.2) is 16.9 Å². The molecule has 0 aromatic heterocycles. The van der Waals surface area contributed by atoms with E-state index in [1.54, 1.807) is 48.5 Å². The van der Waals surface area contributed by atoms with E-state index in [1.165, 1.54) is 0 Å². The first-order chi connectivity index (χ1) is 11.0. The maximum Gasteiger partial charge on any atom is 0.271 e. The Bertz CT molecular complexity index is 768. The number of thiocarbonyl (C=S) groups is 1. The van der Waals surface area contributed by atoms with Gasteiger partial charge >= 0.3 is 0 Å². The quantitative estimate of drug-likeness (QED) is 0.563. The zero-order valence-electron chi connectivity index (χ0n) is 11.6. The van der Waals surface area contributed by atoms with Crippen LogP contribution in [0.1, 0.15) is 20.7 Å². The van der Waals surface area contributed by atoms with Crippen molar-refractivity contribution in [3.63, 3.8) is 0 Å². The summed E-state index contributed by atoms with van der Waals surface area (Å²) in [6, 6.07) is 13.1. The Morgan fingerprint density at radius 3 is 1.78 bits per heavy atom. The molecule has 0 aliphatic carbocycles. The third kappa shape index (κ3) is 4.66. The van der Waals surface area contributed by atoms with Crippen molar-refractivity contribution in [1.82, 2.24) is 16.2 Å². The molecule has 0 aliphatic heterocycles. The SMILES string of the molecule is O=C(NNC(=S)NC(=O)c1ccccc1Cl)c1ccccc1Cl. The summed E-state index contributed by atoms with van der Waals surface area (Å²) in [7, 11) is 0. The monoisotopic (exact) mass is 367 g/mol. The topological polar surface area (TPSA) is 70.2 Å². The molecule has 3 N–H and O–H groups in total. The second-order valence-corrected chi connectivity index (χ2v) is 5.54. The van der Waals surface area contributed by atoms with Gasteiger partial charge in [-0.15, -0.1) is 0 Å². The minimum atomic E-state index is -0.486. The molecule has 2 aromatic rings. The number of hydrogen-bond acceptors (Lipinski definition) is 3. The van der Waals surface area contributed by atoms with Gasteiger partial charge in [-0.2, -0.15) is 0 Å². The predicted molar refractivity (Wildman–Crippen MR) is 93.6 cm³/mol. The molecule has 0 spiro atoms. The van der Waals surface area contributed by atoms with Crippen molar-refractivity contribution in [2.45, 2.75) is 0 Å². The molecule has 0 saturated heterocycles. The minimum absolute atomic E-state index is 0.0738. The average Bonchev–Trinajstić information content (AvgIpc) is 2.53. The van der Waals surface area contributed by atoms with Crippen molar-refractivity contribution in [3.05, 3.63) is 69.7 Å². The normalized spacial score (nSPS) is 9.83. The second kappa shape index (κ2) is 7.92. The molecule has 2 amide bonds. The van der Waals surface area contributed by atoms with Gasteiger partial charge in [-0.05, 0) is 36.5 Å². The van der Waals surface area contributed by atoms with E-state index in [0.717, 1.165) is 0 Å². The number of amides is 2. The molecule has 0 fully saturated rings. The van der Waals surface area contributed by atoms with Gasteiger partial charge in [0, 0.05) is 0 Å². The summed E-state index contributed by atoms with van der Waals surface area (Å²) >= 11 is 16.8. The average molecular weight is 368 g/mol. The number of carbonyl (C=O) groups is 2. The largest absolute Gasteiger partial charge is 0.298 e. The third-order valence-electron chi connectivity index (χ3n) is 2.75. The van der Waals surface area contributed by atoms with Crippen molar-refractivity contribution in [2.75, 3.05) is 0 Å². The smallest absolute Gasteiger partial charge is 0.271 e. The summed E-state index contributed by atoms with van der Waals surface area (Å²) < 4.78 is 0. The molecular weight excluding hydrogens is 357 g/mol. The lowest BCUT2D eigenvalue weighted by atomic mass is 10.2. The van der Waals surface area contributed by atoms with Crippen molar-refractivity contribution >= 4 is 52.3 Å². The molecular formula is C15H11Cl2N3O2S. The van der Waals surface area contributed by atoms with Gasteiger partial charge in [0.25, 0.3) is 11.8 Å². The van der Waals surface area contributed by atoms with Gasteiger partial charge in [0.05, 0.1) is 21.2 Å². The van der Waals surface area contributed by atoms with E-state index in [-0.39, 0.29) is 16.2 Å². The Balaban J connectivity index is 1.91. The first-order valence-electron chi connectivity index (χ1n) is 6.40. The fourth-order valence-electron chi connectivity index (χ4n) is 1.67. The molecule has 23 heavy (non-hydrogen) atoms. The van der Waals surface area contributed by atoms with Crippen LogP contribution >= 0.6 is 35.4 Å². The highest BCUT2D eigenvalue weighted by atomic mass is 35.5. The van der Waals surface area contributed by atoms with E-state index in [1.807, 2.05) is 0 Å². The lowest BCUT2D eigenvalue weighted by Crippen LogP contribution is -2.48. The van der Waals surface area contributed by atoms with Gasteiger partial charge in [0.2, 0.25) is 0 Å². The first-order valence-corrected chi connectivity index (χ1v) is 7.56. The lowest BCUT2D eigenvalue weighted by molar-refractivity contribution is 0.0934. The van der Waals surface area contributed by atoms with Crippen LogP contribution in [-0.2, 0) is 0 Å². The van der Waals surface area contributed by atoms with Gasteiger partial charge in [-0.3, -0.25) is 25.8 Å². The number of rotatable bonds is 2. The maximum absolute atomic E-state index is 12.0. The molecule has 118 valence electrons. The van der Waals surface area contributed by atoms with Crippen molar-refractivity contribution in [1.29, 1.82) is 0 Å². The maximum atomic E-state index is 12.0. The lowest BCUT2D eigenvalue weighted by Gasteiger charge is -2.11. The summed E-state index contributed by atoms with van der Waals surface area (Å²) in [5.41, 5.74) is 5.33. The number of hydrogen-bond donors (Lipinski definition) is 3. The van der Waals surface area contributed by atoms with Crippen LogP contribution in [0.25, 0.3) is 0 Å². The summed E-state index contributed by atoms with van der Waals surface area (Å²) in [5.74, 6) is -0.968. The number of halogens is 2. The molecule has 0 bridgehead atoms.